The summed E-state index contributed by atoms with van der Waals surface area (Å²) in [5.74, 6) is 0. The lowest BCUT2D eigenvalue weighted by molar-refractivity contribution is 1.09. The van der Waals surface area contributed by atoms with Gasteiger partial charge in [-0.25, -0.2) is 0 Å². The van der Waals surface area contributed by atoms with Crippen LogP contribution in [0.15, 0.2) is 11.6 Å². The van der Waals surface area contributed by atoms with Crippen LogP contribution in [-0.2, 0) is 0 Å². The van der Waals surface area contributed by atoms with E-state index in [1.54, 1.807) is 0 Å². The molecule has 0 amide bonds. The molecule has 0 atom stereocenters. The van der Waals surface area contributed by atoms with Crippen LogP contribution in [0, 0.1) is 0 Å². The molecule has 0 aliphatic carbocycles. The van der Waals surface area contributed by atoms with Crippen molar-refractivity contribution in [3.05, 3.63) is 11.6 Å². The zero-order valence-corrected chi connectivity index (χ0v) is 6.78. The molecule has 0 aromatic carbocycles. The van der Waals surface area contributed by atoms with E-state index < -0.39 is 0 Å². The Bertz CT molecular complexity index is 47.1. The molecule has 0 N–H and O–H groups in total. The highest BCUT2D eigenvalue weighted by molar-refractivity contribution is 4.88. The van der Waals surface area contributed by atoms with Crippen molar-refractivity contribution in [1.82, 2.24) is 0 Å². The Morgan fingerprint density at radius 1 is 1.25 bits per heavy atom. The lowest BCUT2D eigenvalue weighted by Gasteiger charge is -1.74. The molecule has 0 aliphatic rings. The molecule has 0 bridgehead atoms. The van der Waals surface area contributed by atoms with Gasteiger partial charge in [-0.2, -0.15) is 0 Å². The smallest absolute Gasteiger partial charge is 0.0442 e. The molecule has 0 fully saturated rings. The van der Waals surface area contributed by atoms with Gasteiger partial charge in [-0.1, -0.05) is 31.9 Å². The molecule has 0 spiro atoms. The van der Waals surface area contributed by atoms with E-state index in [0.717, 1.165) is 0 Å². The highest BCUT2D eigenvalue weighted by Gasteiger charge is 1.60. The average molecular weight is 114 g/mol. The molecule has 0 saturated heterocycles. The van der Waals surface area contributed by atoms with Crippen LogP contribution >= 0.6 is 0 Å². The van der Waals surface area contributed by atoms with Gasteiger partial charge in [-0.05, 0) is 20.8 Å². The molecule has 0 rings (SSSR count). The maximum absolute atomic E-state index is 2.12. The van der Waals surface area contributed by atoms with Crippen molar-refractivity contribution in [3.63, 3.8) is 0 Å². The van der Waals surface area contributed by atoms with Gasteiger partial charge in [0, 0.05) is 0 Å². The maximum Gasteiger partial charge on any atom is -0.0442 e. The number of rotatable bonds is 0. The molecular formula is C8H18. The molecule has 0 heteroatoms. The van der Waals surface area contributed by atoms with E-state index >= 15 is 0 Å². The zero-order chi connectivity index (χ0) is 6.99. The fourth-order valence-electron chi connectivity index (χ4n) is 0. The Kier molecular flexibility index (Phi) is 13.2. The molecule has 0 aromatic heterocycles. The van der Waals surface area contributed by atoms with E-state index in [4.69, 9.17) is 0 Å². The van der Waals surface area contributed by atoms with Crippen molar-refractivity contribution in [2.75, 3.05) is 0 Å². The summed E-state index contributed by atoms with van der Waals surface area (Å²) in [6.07, 6.45) is 3.33. The predicted molar refractivity (Wildman–Crippen MR) is 41.1 cm³/mol. The number of hydrogen-bond donors (Lipinski definition) is 0. The van der Waals surface area contributed by atoms with Gasteiger partial charge in [0.25, 0.3) is 0 Å². The molecule has 50 valence electrons. The summed E-state index contributed by atoms with van der Waals surface area (Å²) in [4.78, 5) is 0. The monoisotopic (exact) mass is 114 g/mol. The first kappa shape index (κ1) is 10.7. The second kappa shape index (κ2) is 9.88. The molecule has 0 radical (unpaired) electrons. The summed E-state index contributed by atoms with van der Waals surface area (Å²) in [7, 11) is 0. The van der Waals surface area contributed by atoms with E-state index in [9.17, 15) is 0 Å². The first-order valence-electron chi connectivity index (χ1n) is 3.28. The first-order valence-corrected chi connectivity index (χ1v) is 3.28. The predicted octanol–water partition coefficient (Wildman–Crippen LogP) is 3.39. The topological polar surface area (TPSA) is 0 Å². The van der Waals surface area contributed by atoms with Gasteiger partial charge in [0.05, 0.1) is 0 Å². The molecule has 8 heavy (non-hydrogen) atoms. The Labute approximate surface area is 53.6 Å². The highest BCUT2D eigenvalue weighted by atomic mass is 13.7. The Morgan fingerprint density at radius 2 is 1.38 bits per heavy atom. The van der Waals surface area contributed by atoms with Crippen LogP contribution < -0.4 is 0 Å². The van der Waals surface area contributed by atoms with Gasteiger partial charge < -0.3 is 0 Å². The minimum atomic E-state index is 1.25. The molecule has 0 heterocycles. The van der Waals surface area contributed by atoms with E-state index in [1.165, 1.54) is 12.0 Å². The molecule has 0 saturated carbocycles. The molecule has 0 nitrogen and oxygen atoms in total. The van der Waals surface area contributed by atoms with Crippen molar-refractivity contribution >= 4 is 0 Å². The van der Waals surface area contributed by atoms with Crippen molar-refractivity contribution < 1.29 is 0 Å². The van der Waals surface area contributed by atoms with Gasteiger partial charge in [0.2, 0.25) is 0 Å². The highest BCUT2D eigenvalue weighted by Crippen LogP contribution is 1.82. The minimum Gasteiger partial charge on any atom is -0.0890 e. The second-order valence-electron chi connectivity index (χ2n) is 2.07. The van der Waals surface area contributed by atoms with Crippen molar-refractivity contribution in [2.24, 2.45) is 0 Å². The fraction of sp³-hybridized carbons (Fsp3) is 0.750. The lowest BCUT2D eigenvalue weighted by Crippen LogP contribution is -1.52. The Balaban J connectivity index is 0. The first-order chi connectivity index (χ1) is 3.68. The Hall–Kier alpha value is -0.260. The van der Waals surface area contributed by atoms with Crippen molar-refractivity contribution in [1.29, 1.82) is 0 Å². The third-order valence-electron chi connectivity index (χ3n) is 0.577. The van der Waals surface area contributed by atoms with Crippen LogP contribution in [0.1, 0.15) is 41.0 Å². The molecular weight excluding hydrogens is 96.1 g/mol. The normalized spacial score (nSPS) is 6.62. The summed E-state index contributed by atoms with van der Waals surface area (Å²) in [6, 6.07) is 0. The largest absolute Gasteiger partial charge is 0.0890 e. The minimum absolute atomic E-state index is 1.25. The summed E-state index contributed by atoms with van der Waals surface area (Å²) >= 11 is 0. The van der Waals surface area contributed by atoms with Gasteiger partial charge in [0.15, 0.2) is 0 Å². The average Bonchev–Trinajstić information content (AvgIpc) is 1.69. The van der Waals surface area contributed by atoms with Gasteiger partial charge >= 0.3 is 0 Å². The summed E-state index contributed by atoms with van der Waals surface area (Å²) in [6.45, 7) is 10.5. The zero-order valence-electron chi connectivity index (χ0n) is 6.78. The number of hydrogen-bond acceptors (Lipinski definition) is 0. The summed E-state index contributed by atoms with van der Waals surface area (Å²) < 4.78 is 0. The molecule has 0 aromatic rings. The standard InChI is InChI=1S/C5H10.C3H8/c1-4-5(2)3;1-3-2/h4H,1-3H3;3H2,1-2H3. The molecule has 0 aliphatic heterocycles. The lowest BCUT2D eigenvalue weighted by atomic mass is 10.3. The van der Waals surface area contributed by atoms with Crippen LogP contribution in [0.25, 0.3) is 0 Å². The third-order valence-corrected chi connectivity index (χ3v) is 0.577. The van der Waals surface area contributed by atoms with Crippen LogP contribution in [0.2, 0.25) is 0 Å². The number of allylic oxidation sites excluding steroid dienone is 2. The van der Waals surface area contributed by atoms with Crippen molar-refractivity contribution in [3.8, 4) is 0 Å². The van der Waals surface area contributed by atoms with Crippen LogP contribution in [0.5, 0.6) is 0 Å². The van der Waals surface area contributed by atoms with Gasteiger partial charge in [-0.3, -0.25) is 0 Å². The SMILES string of the molecule is CC=C(C)C.CCC. The van der Waals surface area contributed by atoms with Crippen LogP contribution in [0.4, 0.5) is 0 Å². The van der Waals surface area contributed by atoms with E-state index in [2.05, 4.69) is 33.8 Å². The van der Waals surface area contributed by atoms with Gasteiger partial charge in [0.1, 0.15) is 0 Å². The summed E-state index contributed by atoms with van der Waals surface area (Å²) in [5, 5.41) is 0. The maximum atomic E-state index is 2.12. The molecule has 0 unspecified atom stereocenters. The second-order valence-corrected chi connectivity index (χ2v) is 2.07. The van der Waals surface area contributed by atoms with Gasteiger partial charge in [-0.15, -0.1) is 0 Å². The quantitative estimate of drug-likeness (QED) is 0.423. The van der Waals surface area contributed by atoms with Crippen LogP contribution in [-0.4, -0.2) is 0 Å². The van der Waals surface area contributed by atoms with Crippen molar-refractivity contribution in [2.45, 2.75) is 41.0 Å². The van der Waals surface area contributed by atoms with E-state index in [1.807, 2.05) is 6.92 Å². The summed E-state index contributed by atoms with van der Waals surface area (Å²) in [5.41, 5.74) is 1.38. The van der Waals surface area contributed by atoms with E-state index in [0.29, 0.717) is 0 Å². The van der Waals surface area contributed by atoms with Crippen LogP contribution in [0.3, 0.4) is 0 Å². The Morgan fingerprint density at radius 3 is 1.38 bits per heavy atom. The third kappa shape index (κ3) is 42.6. The van der Waals surface area contributed by atoms with E-state index in [-0.39, 0.29) is 0 Å². The fourth-order valence-corrected chi connectivity index (χ4v) is 0.